The third kappa shape index (κ3) is 4.40. The normalized spacial score (nSPS) is 10.4. The van der Waals surface area contributed by atoms with E-state index in [9.17, 15) is 14.4 Å². The second-order valence-corrected chi connectivity index (χ2v) is 6.43. The molecule has 148 valence electrons. The predicted molar refractivity (Wildman–Crippen MR) is 106 cm³/mol. The lowest BCUT2D eigenvalue weighted by Gasteiger charge is -2.11. The number of Topliss-reactive ketones (excluding diaryl/α,β-unsaturated/α-hetero) is 1. The highest BCUT2D eigenvalue weighted by molar-refractivity contribution is 6.00. The summed E-state index contributed by atoms with van der Waals surface area (Å²) in [6.45, 7) is 1.50. The third-order valence-corrected chi connectivity index (χ3v) is 4.35. The van der Waals surface area contributed by atoms with E-state index in [-0.39, 0.29) is 29.2 Å². The summed E-state index contributed by atoms with van der Waals surface area (Å²) < 4.78 is 11.8. The Balaban J connectivity index is 2.01. The quantitative estimate of drug-likeness (QED) is 0.472. The number of aryl methyl sites for hydroxylation is 1. The van der Waals surface area contributed by atoms with E-state index in [1.54, 1.807) is 23.9 Å². The summed E-state index contributed by atoms with van der Waals surface area (Å²) in [5.74, 6) is -0.954. The van der Waals surface area contributed by atoms with Gasteiger partial charge < -0.3 is 14.0 Å². The zero-order valence-electron chi connectivity index (χ0n) is 16.3. The topological polar surface area (TPSA) is 87.5 Å². The van der Waals surface area contributed by atoms with Crippen LogP contribution in [0.2, 0.25) is 0 Å². The van der Waals surface area contributed by atoms with Crippen molar-refractivity contribution in [3.05, 3.63) is 77.1 Å². The molecule has 0 spiro atoms. The van der Waals surface area contributed by atoms with E-state index in [0.717, 1.165) is 5.56 Å². The molecule has 0 aliphatic carbocycles. The van der Waals surface area contributed by atoms with E-state index in [2.05, 4.69) is 4.98 Å². The molecule has 3 rings (SSSR count). The van der Waals surface area contributed by atoms with Gasteiger partial charge in [-0.05, 0) is 23.8 Å². The van der Waals surface area contributed by atoms with Crippen LogP contribution in [0.25, 0.3) is 11.4 Å². The molecule has 1 aromatic heterocycles. The van der Waals surface area contributed by atoms with Gasteiger partial charge in [-0.15, -0.1) is 0 Å². The van der Waals surface area contributed by atoms with Crippen molar-refractivity contribution >= 4 is 17.7 Å². The minimum atomic E-state index is -0.609. The molecule has 3 aromatic rings. The monoisotopic (exact) mass is 392 g/mol. The number of aromatic nitrogens is 2. The number of carbonyl (C=O) groups excluding carboxylic acids is 3. The number of imidazole rings is 1. The van der Waals surface area contributed by atoms with E-state index in [4.69, 9.17) is 9.47 Å². The lowest BCUT2D eigenvalue weighted by molar-refractivity contribution is 0.0473. The number of esters is 2. The molecule has 2 aromatic carbocycles. The standard InChI is InChI=1S/C22H20N2O5/c1-14(25)19-12-24(2)20(23-19)17-10-9-16(21(26)28-3)11-18(17)22(27)29-13-15-7-5-4-6-8-15/h4-12H,13H2,1-3H3. The van der Waals surface area contributed by atoms with Crippen LogP contribution in [0.15, 0.2) is 54.7 Å². The van der Waals surface area contributed by atoms with Gasteiger partial charge in [-0.2, -0.15) is 0 Å². The lowest BCUT2D eigenvalue weighted by Crippen LogP contribution is -2.11. The first-order valence-electron chi connectivity index (χ1n) is 8.88. The predicted octanol–water partition coefficient (Wildman–Crippen LogP) is 3.43. The fourth-order valence-electron chi connectivity index (χ4n) is 2.84. The number of hydrogen-bond donors (Lipinski definition) is 0. The van der Waals surface area contributed by atoms with Crippen molar-refractivity contribution in [1.82, 2.24) is 9.55 Å². The van der Waals surface area contributed by atoms with Gasteiger partial charge in [-0.3, -0.25) is 4.79 Å². The highest BCUT2D eigenvalue weighted by atomic mass is 16.5. The number of ketones is 1. The maximum absolute atomic E-state index is 12.8. The average Bonchev–Trinajstić information content (AvgIpc) is 3.13. The van der Waals surface area contributed by atoms with Crippen molar-refractivity contribution in [3.8, 4) is 11.4 Å². The highest BCUT2D eigenvalue weighted by Crippen LogP contribution is 2.26. The summed E-state index contributed by atoms with van der Waals surface area (Å²) in [6.07, 6.45) is 1.59. The van der Waals surface area contributed by atoms with E-state index >= 15 is 0 Å². The summed E-state index contributed by atoms with van der Waals surface area (Å²) in [5, 5.41) is 0. The Labute approximate surface area is 167 Å². The molecular formula is C22H20N2O5. The van der Waals surface area contributed by atoms with Gasteiger partial charge in [-0.1, -0.05) is 30.3 Å². The largest absolute Gasteiger partial charge is 0.465 e. The number of hydrogen-bond acceptors (Lipinski definition) is 6. The summed E-state index contributed by atoms with van der Waals surface area (Å²) in [4.78, 5) is 40.8. The summed E-state index contributed by atoms with van der Waals surface area (Å²) in [5.41, 5.74) is 1.94. The lowest BCUT2D eigenvalue weighted by atomic mass is 10.0. The molecule has 0 unspecified atom stereocenters. The van der Waals surface area contributed by atoms with Gasteiger partial charge in [0.05, 0.1) is 18.2 Å². The number of nitrogens with zero attached hydrogens (tertiary/aromatic N) is 2. The molecular weight excluding hydrogens is 372 g/mol. The van der Waals surface area contributed by atoms with Gasteiger partial charge in [0, 0.05) is 25.7 Å². The summed E-state index contributed by atoms with van der Waals surface area (Å²) >= 11 is 0. The SMILES string of the molecule is COC(=O)c1ccc(-c2nc(C(C)=O)cn2C)c(C(=O)OCc2ccccc2)c1. The molecule has 0 saturated heterocycles. The van der Waals surface area contributed by atoms with E-state index < -0.39 is 11.9 Å². The molecule has 0 fully saturated rings. The van der Waals surface area contributed by atoms with Crippen molar-refractivity contribution in [2.45, 2.75) is 13.5 Å². The Bertz CT molecular complexity index is 1070. The highest BCUT2D eigenvalue weighted by Gasteiger charge is 2.21. The molecule has 0 radical (unpaired) electrons. The van der Waals surface area contributed by atoms with Gasteiger partial charge >= 0.3 is 11.9 Å². The second-order valence-electron chi connectivity index (χ2n) is 6.43. The molecule has 0 aliphatic heterocycles. The van der Waals surface area contributed by atoms with Crippen LogP contribution in [-0.4, -0.2) is 34.4 Å². The molecule has 0 aliphatic rings. The van der Waals surface area contributed by atoms with Crippen LogP contribution in [0, 0.1) is 0 Å². The van der Waals surface area contributed by atoms with Crippen molar-refractivity contribution in [2.75, 3.05) is 7.11 Å². The minimum Gasteiger partial charge on any atom is -0.465 e. The van der Waals surface area contributed by atoms with Crippen molar-refractivity contribution < 1.29 is 23.9 Å². The maximum atomic E-state index is 12.8. The molecule has 7 nitrogen and oxygen atoms in total. The van der Waals surface area contributed by atoms with Crippen LogP contribution in [0.1, 0.15) is 43.7 Å². The van der Waals surface area contributed by atoms with Crippen LogP contribution in [0.3, 0.4) is 0 Å². The minimum absolute atomic E-state index is 0.0842. The molecule has 0 atom stereocenters. The Morgan fingerprint density at radius 1 is 1.03 bits per heavy atom. The number of carbonyl (C=O) groups is 3. The van der Waals surface area contributed by atoms with E-state index in [0.29, 0.717) is 11.4 Å². The van der Waals surface area contributed by atoms with Crippen LogP contribution in [-0.2, 0) is 23.1 Å². The first-order valence-corrected chi connectivity index (χ1v) is 8.88. The molecule has 7 heteroatoms. The fourth-order valence-corrected chi connectivity index (χ4v) is 2.84. The number of rotatable bonds is 6. The molecule has 0 saturated carbocycles. The van der Waals surface area contributed by atoms with Crippen molar-refractivity contribution in [2.24, 2.45) is 7.05 Å². The fraction of sp³-hybridized carbons (Fsp3) is 0.182. The molecule has 0 amide bonds. The van der Waals surface area contributed by atoms with Gasteiger partial charge in [0.15, 0.2) is 5.78 Å². The van der Waals surface area contributed by atoms with Crippen LogP contribution >= 0.6 is 0 Å². The Morgan fingerprint density at radius 3 is 2.38 bits per heavy atom. The summed E-state index contributed by atoms with van der Waals surface area (Å²) in [7, 11) is 2.99. The van der Waals surface area contributed by atoms with E-state index in [1.165, 1.54) is 26.2 Å². The van der Waals surface area contributed by atoms with Crippen LogP contribution in [0.5, 0.6) is 0 Å². The first-order chi connectivity index (χ1) is 13.9. The zero-order chi connectivity index (χ0) is 21.0. The maximum Gasteiger partial charge on any atom is 0.339 e. The third-order valence-electron chi connectivity index (χ3n) is 4.35. The summed E-state index contributed by atoms with van der Waals surface area (Å²) in [6, 6.07) is 13.8. The van der Waals surface area contributed by atoms with Gasteiger partial charge in [-0.25, -0.2) is 14.6 Å². The molecule has 1 heterocycles. The molecule has 29 heavy (non-hydrogen) atoms. The van der Waals surface area contributed by atoms with Gasteiger partial charge in [0.1, 0.15) is 18.1 Å². The Hall–Kier alpha value is -3.74. The van der Waals surface area contributed by atoms with Gasteiger partial charge in [0.25, 0.3) is 0 Å². The molecule has 0 N–H and O–H groups in total. The smallest absolute Gasteiger partial charge is 0.339 e. The number of ether oxygens (including phenoxy) is 2. The van der Waals surface area contributed by atoms with E-state index in [1.807, 2.05) is 30.3 Å². The van der Waals surface area contributed by atoms with Crippen molar-refractivity contribution in [1.29, 1.82) is 0 Å². The van der Waals surface area contributed by atoms with Gasteiger partial charge in [0.2, 0.25) is 0 Å². The molecule has 0 bridgehead atoms. The Kier molecular flexibility index (Phi) is 5.87. The average molecular weight is 392 g/mol. The van der Waals surface area contributed by atoms with Crippen LogP contribution in [0.4, 0.5) is 0 Å². The Morgan fingerprint density at radius 2 is 1.76 bits per heavy atom. The van der Waals surface area contributed by atoms with Crippen molar-refractivity contribution in [3.63, 3.8) is 0 Å². The van der Waals surface area contributed by atoms with Crippen LogP contribution < -0.4 is 0 Å². The first kappa shape index (κ1) is 20.0. The zero-order valence-corrected chi connectivity index (χ0v) is 16.3. The number of methoxy groups -OCH3 is 1. The second kappa shape index (κ2) is 8.52. The number of benzene rings is 2.